The highest BCUT2D eigenvalue weighted by molar-refractivity contribution is 7.94. The first kappa shape index (κ1) is 18.3. The minimum atomic E-state index is -3.87. The molecule has 0 saturated heterocycles. The molecule has 1 aromatic heterocycles. The zero-order chi connectivity index (χ0) is 19.7. The highest BCUT2D eigenvalue weighted by Crippen LogP contribution is 2.27. The number of carbonyl (C=O) groups is 1. The Balaban J connectivity index is 1.53. The highest BCUT2D eigenvalue weighted by Gasteiger charge is 2.24. The molecule has 2 N–H and O–H groups in total. The van der Waals surface area contributed by atoms with E-state index in [1.807, 2.05) is 42.5 Å². The quantitative estimate of drug-likeness (QED) is 0.693. The molecule has 0 bridgehead atoms. The van der Waals surface area contributed by atoms with Crippen molar-refractivity contribution in [2.75, 3.05) is 7.11 Å². The molecule has 0 spiro atoms. The summed E-state index contributed by atoms with van der Waals surface area (Å²) in [5.41, 5.74) is 3.56. The molecule has 1 heterocycles. The predicted molar refractivity (Wildman–Crippen MR) is 108 cm³/mol. The lowest BCUT2D eigenvalue weighted by molar-refractivity contribution is -0.118. The van der Waals surface area contributed by atoms with Gasteiger partial charge < -0.3 is 9.72 Å². The van der Waals surface area contributed by atoms with Crippen molar-refractivity contribution in [2.45, 2.75) is 19.3 Å². The van der Waals surface area contributed by atoms with Crippen LogP contribution in [0, 0.1) is 0 Å². The number of rotatable bonds is 5. The third kappa shape index (κ3) is 3.53. The fourth-order valence-electron chi connectivity index (χ4n) is 3.47. The maximum absolute atomic E-state index is 12.7. The van der Waals surface area contributed by atoms with Crippen molar-refractivity contribution in [3.63, 3.8) is 0 Å². The number of hydrogen-bond acceptors (Lipinski definition) is 4. The summed E-state index contributed by atoms with van der Waals surface area (Å²) >= 11 is 0. The van der Waals surface area contributed by atoms with E-state index in [1.54, 1.807) is 19.4 Å². The van der Waals surface area contributed by atoms with Gasteiger partial charge in [0.05, 0.1) is 18.4 Å². The number of nitrogens with one attached hydrogen (secondary N) is 2. The lowest BCUT2D eigenvalue weighted by Gasteiger charge is -2.17. The molecule has 0 unspecified atom stereocenters. The van der Waals surface area contributed by atoms with Crippen molar-refractivity contribution in [2.24, 2.45) is 0 Å². The van der Waals surface area contributed by atoms with Gasteiger partial charge in [-0.3, -0.25) is 4.79 Å². The van der Waals surface area contributed by atoms with Crippen molar-refractivity contribution in [3.8, 4) is 5.75 Å². The smallest absolute Gasteiger partial charge is 0.260 e. The number of aromatic amines is 1. The molecule has 144 valence electrons. The number of benzene rings is 2. The minimum absolute atomic E-state index is 0.0454. The van der Waals surface area contributed by atoms with Crippen LogP contribution in [0.15, 0.2) is 53.6 Å². The molecule has 7 heteroatoms. The normalized spacial score (nSPS) is 13.7. The monoisotopic (exact) mass is 396 g/mol. The SMILES string of the molecule is COc1ccc2[nH]cc(CC(=O)NS(=O)(=O)C3=Cc4ccccc4CC3)c2c1. The van der Waals surface area contributed by atoms with E-state index in [0.29, 0.717) is 24.2 Å². The molecule has 0 saturated carbocycles. The average Bonchev–Trinajstić information content (AvgIpc) is 3.09. The molecule has 1 amide bonds. The number of fused-ring (bicyclic) bond motifs is 2. The lowest BCUT2D eigenvalue weighted by Crippen LogP contribution is -2.33. The van der Waals surface area contributed by atoms with Gasteiger partial charge in [0, 0.05) is 17.1 Å². The third-order valence-electron chi connectivity index (χ3n) is 4.93. The summed E-state index contributed by atoms with van der Waals surface area (Å²) in [7, 11) is -2.30. The molecule has 0 aliphatic heterocycles. The molecule has 2 aromatic carbocycles. The summed E-state index contributed by atoms with van der Waals surface area (Å²) in [5, 5.41) is 0.831. The van der Waals surface area contributed by atoms with Crippen LogP contribution < -0.4 is 9.46 Å². The van der Waals surface area contributed by atoms with E-state index in [-0.39, 0.29) is 11.3 Å². The Morgan fingerprint density at radius 3 is 2.82 bits per heavy atom. The van der Waals surface area contributed by atoms with E-state index in [2.05, 4.69) is 9.71 Å². The van der Waals surface area contributed by atoms with Gasteiger partial charge in [0.2, 0.25) is 5.91 Å². The van der Waals surface area contributed by atoms with E-state index in [9.17, 15) is 13.2 Å². The molecule has 1 aliphatic carbocycles. The summed E-state index contributed by atoms with van der Waals surface area (Å²) in [5.74, 6) is 0.107. The Hall–Kier alpha value is -3.06. The van der Waals surface area contributed by atoms with Crippen LogP contribution in [0.5, 0.6) is 5.75 Å². The molecular formula is C21H20N2O4S. The van der Waals surface area contributed by atoms with Gasteiger partial charge >= 0.3 is 0 Å². The Labute approximate surface area is 163 Å². The topological polar surface area (TPSA) is 88.3 Å². The van der Waals surface area contributed by atoms with Crippen LogP contribution >= 0.6 is 0 Å². The first-order valence-corrected chi connectivity index (χ1v) is 10.4. The van der Waals surface area contributed by atoms with Gasteiger partial charge in [0.25, 0.3) is 10.0 Å². The summed E-state index contributed by atoms with van der Waals surface area (Å²) in [4.78, 5) is 15.8. The first-order chi connectivity index (χ1) is 13.5. The van der Waals surface area contributed by atoms with Crippen molar-refractivity contribution in [1.29, 1.82) is 0 Å². The molecular weight excluding hydrogens is 376 g/mol. The molecule has 6 nitrogen and oxygen atoms in total. The summed E-state index contributed by atoms with van der Waals surface area (Å²) < 4.78 is 32.8. The molecule has 1 aliphatic rings. The van der Waals surface area contributed by atoms with Crippen LogP contribution in [-0.2, 0) is 27.7 Å². The number of methoxy groups -OCH3 is 1. The van der Waals surface area contributed by atoms with Crippen LogP contribution in [0.4, 0.5) is 0 Å². The second kappa shape index (κ2) is 7.16. The highest BCUT2D eigenvalue weighted by atomic mass is 32.2. The number of hydrogen-bond donors (Lipinski definition) is 2. The summed E-state index contributed by atoms with van der Waals surface area (Å²) in [6.07, 6.45) is 4.33. The van der Waals surface area contributed by atoms with Crippen LogP contribution in [-0.4, -0.2) is 26.4 Å². The molecule has 3 aromatic rings. The van der Waals surface area contributed by atoms with Crippen LogP contribution in [0.2, 0.25) is 0 Å². The van der Waals surface area contributed by atoms with E-state index < -0.39 is 15.9 Å². The van der Waals surface area contributed by atoms with Crippen molar-refractivity contribution >= 4 is 32.9 Å². The fourth-order valence-corrected chi connectivity index (χ4v) is 4.63. The van der Waals surface area contributed by atoms with Gasteiger partial charge in [-0.2, -0.15) is 0 Å². The molecule has 0 fully saturated rings. The number of aromatic nitrogens is 1. The number of amides is 1. The number of aryl methyl sites for hydroxylation is 1. The number of allylic oxidation sites excluding steroid dienone is 1. The summed E-state index contributed by atoms with van der Waals surface area (Å²) in [6.45, 7) is 0. The third-order valence-corrected chi connectivity index (χ3v) is 6.44. The van der Waals surface area contributed by atoms with Crippen molar-refractivity contribution in [3.05, 3.63) is 70.3 Å². The van der Waals surface area contributed by atoms with Gasteiger partial charge in [0.1, 0.15) is 5.75 Å². The van der Waals surface area contributed by atoms with E-state index in [1.165, 1.54) is 0 Å². The van der Waals surface area contributed by atoms with Crippen LogP contribution in [0.1, 0.15) is 23.1 Å². The zero-order valence-corrected chi connectivity index (χ0v) is 16.2. The number of ether oxygens (including phenoxy) is 1. The minimum Gasteiger partial charge on any atom is -0.497 e. The maximum Gasteiger partial charge on any atom is 0.260 e. The van der Waals surface area contributed by atoms with Crippen LogP contribution in [0.25, 0.3) is 17.0 Å². The van der Waals surface area contributed by atoms with Gasteiger partial charge in [-0.05, 0) is 53.8 Å². The largest absolute Gasteiger partial charge is 0.497 e. The van der Waals surface area contributed by atoms with E-state index in [4.69, 9.17) is 4.74 Å². The standard InChI is InChI=1S/C21H20N2O4S/c1-27-17-7-9-20-19(12-17)16(13-22-20)11-21(24)23-28(25,26)18-8-6-14-4-2-3-5-15(14)10-18/h2-5,7,9-10,12-13,22H,6,8,11H2,1H3,(H,23,24). The molecule has 0 atom stereocenters. The maximum atomic E-state index is 12.7. The Kier molecular flexibility index (Phi) is 4.68. The summed E-state index contributed by atoms with van der Waals surface area (Å²) in [6, 6.07) is 13.2. The second-order valence-corrected chi connectivity index (χ2v) is 8.48. The fraction of sp³-hybridized carbons (Fsp3) is 0.190. The predicted octanol–water partition coefficient (Wildman–Crippen LogP) is 3.15. The van der Waals surface area contributed by atoms with Gasteiger partial charge in [0.15, 0.2) is 0 Å². The van der Waals surface area contributed by atoms with Crippen molar-refractivity contribution < 1.29 is 17.9 Å². The van der Waals surface area contributed by atoms with Crippen LogP contribution in [0.3, 0.4) is 0 Å². The Morgan fingerprint density at radius 2 is 2.00 bits per heavy atom. The average molecular weight is 396 g/mol. The zero-order valence-electron chi connectivity index (χ0n) is 15.4. The van der Waals surface area contributed by atoms with Gasteiger partial charge in [-0.15, -0.1) is 0 Å². The molecule has 0 radical (unpaired) electrons. The number of carbonyl (C=O) groups excluding carboxylic acids is 1. The Morgan fingerprint density at radius 1 is 1.18 bits per heavy atom. The first-order valence-electron chi connectivity index (χ1n) is 8.94. The lowest BCUT2D eigenvalue weighted by atomic mass is 9.98. The second-order valence-electron chi connectivity index (χ2n) is 6.74. The van der Waals surface area contributed by atoms with E-state index >= 15 is 0 Å². The van der Waals surface area contributed by atoms with Gasteiger partial charge in [-0.1, -0.05) is 24.3 Å². The number of H-pyrrole nitrogens is 1. The number of sulfonamides is 1. The van der Waals surface area contributed by atoms with Crippen molar-refractivity contribution in [1.82, 2.24) is 9.71 Å². The van der Waals surface area contributed by atoms with E-state index in [0.717, 1.165) is 22.0 Å². The van der Waals surface area contributed by atoms with Gasteiger partial charge in [-0.25, -0.2) is 13.1 Å². The molecule has 4 rings (SSSR count). The Bertz CT molecular complexity index is 1190. The molecule has 28 heavy (non-hydrogen) atoms.